The Labute approximate surface area is 109 Å². The summed E-state index contributed by atoms with van der Waals surface area (Å²) in [5.74, 6) is -0.507. The maximum atomic E-state index is 13.3. The van der Waals surface area contributed by atoms with Gasteiger partial charge in [-0.25, -0.2) is 4.39 Å². The van der Waals surface area contributed by atoms with Crippen LogP contribution in [0.15, 0.2) is 24.3 Å². The number of alkyl halides is 3. The second-order valence-corrected chi connectivity index (χ2v) is 4.49. The van der Waals surface area contributed by atoms with Crippen molar-refractivity contribution >= 4 is 0 Å². The predicted molar refractivity (Wildman–Crippen MR) is 64.1 cm³/mol. The molecule has 0 spiro atoms. The summed E-state index contributed by atoms with van der Waals surface area (Å²) in [7, 11) is 1.54. The highest BCUT2D eigenvalue weighted by molar-refractivity contribution is 5.19. The van der Waals surface area contributed by atoms with Gasteiger partial charge in [0.1, 0.15) is 5.82 Å². The van der Waals surface area contributed by atoms with Crippen molar-refractivity contribution in [3.63, 3.8) is 0 Å². The molecule has 1 unspecified atom stereocenters. The number of hydrogen-bond acceptors (Lipinski definition) is 2. The van der Waals surface area contributed by atoms with E-state index in [2.05, 4.69) is 0 Å². The van der Waals surface area contributed by atoms with Crippen molar-refractivity contribution in [2.24, 2.45) is 0 Å². The zero-order valence-corrected chi connectivity index (χ0v) is 10.6. The van der Waals surface area contributed by atoms with Crippen molar-refractivity contribution in [3.8, 4) is 0 Å². The topological polar surface area (TPSA) is 23.5 Å². The van der Waals surface area contributed by atoms with E-state index in [1.807, 2.05) is 0 Å². The average molecular weight is 279 g/mol. The zero-order valence-electron chi connectivity index (χ0n) is 10.6. The van der Waals surface area contributed by atoms with Gasteiger partial charge in [-0.05, 0) is 19.5 Å². The SMILES string of the molecule is CN(CCC(O)c1ccccc1F)CCC(F)(F)F. The zero-order chi connectivity index (χ0) is 14.5. The van der Waals surface area contributed by atoms with E-state index in [9.17, 15) is 22.7 Å². The number of aliphatic hydroxyl groups excluding tert-OH is 1. The third-order valence-electron chi connectivity index (χ3n) is 2.83. The molecule has 1 aromatic carbocycles. The van der Waals surface area contributed by atoms with Gasteiger partial charge in [-0.15, -0.1) is 0 Å². The Morgan fingerprint density at radius 1 is 1.21 bits per heavy atom. The largest absolute Gasteiger partial charge is 0.390 e. The van der Waals surface area contributed by atoms with Gasteiger partial charge in [-0.1, -0.05) is 18.2 Å². The summed E-state index contributed by atoms with van der Waals surface area (Å²) in [6, 6.07) is 5.83. The van der Waals surface area contributed by atoms with Crippen LogP contribution in [-0.2, 0) is 0 Å². The second kappa shape index (κ2) is 6.86. The van der Waals surface area contributed by atoms with E-state index in [1.54, 1.807) is 13.1 Å². The predicted octanol–water partition coefficient (Wildman–Crippen LogP) is 3.13. The highest BCUT2D eigenvalue weighted by Gasteiger charge is 2.27. The molecule has 0 aliphatic rings. The Kier molecular flexibility index (Phi) is 5.75. The average Bonchev–Trinajstić information content (AvgIpc) is 2.33. The van der Waals surface area contributed by atoms with E-state index in [1.165, 1.54) is 23.1 Å². The van der Waals surface area contributed by atoms with Gasteiger partial charge in [0.05, 0.1) is 12.5 Å². The summed E-state index contributed by atoms with van der Waals surface area (Å²) in [5, 5.41) is 9.79. The normalized spacial score (nSPS) is 13.8. The molecule has 0 saturated carbocycles. The maximum Gasteiger partial charge on any atom is 0.390 e. The number of benzene rings is 1. The minimum absolute atomic E-state index is 0.131. The van der Waals surface area contributed by atoms with Gasteiger partial charge in [0.2, 0.25) is 0 Å². The molecule has 2 nitrogen and oxygen atoms in total. The molecule has 0 amide bonds. The fourth-order valence-corrected chi connectivity index (χ4v) is 1.67. The van der Waals surface area contributed by atoms with Gasteiger partial charge in [0, 0.05) is 18.7 Å². The highest BCUT2D eigenvalue weighted by Crippen LogP contribution is 2.21. The van der Waals surface area contributed by atoms with E-state index >= 15 is 0 Å². The van der Waals surface area contributed by atoms with Crippen molar-refractivity contribution in [2.45, 2.75) is 25.1 Å². The van der Waals surface area contributed by atoms with Gasteiger partial charge in [-0.3, -0.25) is 0 Å². The van der Waals surface area contributed by atoms with Crippen LogP contribution in [0.5, 0.6) is 0 Å². The molecule has 0 fully saturated rings. The van der Waals surface area contributed by atoms with E-state index in [4.69, 9.17) is 0 Å². The van der Waals surface area contributed by atoms with Crippen molar-refractivity contribution in [2.75, 3.05) is 20.1 Å². The van der Waals surface area contributed by atoms with E-state index in [-0.39, 0.29) is 25.1 Å². The molecule has 19 heavy (non-hydrogen) atoms. The molecular weight excluding hydrogens is 262 g/mol. The Hall–Kier alpha value is -1.14. The fourth-order valence-electron chi connectivity index (χ4n) is 1.67. The lowest BCUT2D eigenvalue weighted by atomic mass is 10.1. The monoisotopic (exact) mass is 279 g/mol. The molecule has 1 aromatic rings. The quantitative estimate of drug-likeness (QED) is 0.809. The number of hydrogen-bond donors (Lipinski definition) is 1. The van der Waals surface area contributed by atoms with Crippen LogP contribution in [0.2, 0.25) is 0 Å². The lowest BCUT2D eigenvalue weighted by Crippen LogP contribution is -2.26. The minimum atomic E-state index is -4.18. The maximum absolute atomic E-state index is 13.3. The van der Waals surface area contributed by atoms with Crippen molar-refractivity contribution in [3.05, 3.63) is 35.6 Å². The number of aliphatic hydroxyl groups is 1. The summed E-state index contributed by atoms with van der Waals surface area (Å²) < 4.78 is 49.4. The first-order valence-electron chi connectivity index (χ1n) is 5.97. The van der Waals surface area contributed by atoms with Crippen LogP contribution in [0.3, 0.4) is 0 Å². The van der Waals surface area contributed by atoms with Crippen LogP contribution in [-0.4, -0.2) is 36.3 Å². The molecule has 0 saturated heterocycles. The first-order chi connectivity index (χ1) is 8.79. The molecule has 108 valence electrons. The molecular formula is C13H17F4NO. The summed E-state index contributed by atoms with van der Waals surface area (Å²) in [6.45, 7) is 0.138. The van der Waals surface area contributed by atoms with Crippen molar-refractivity contribution < 1.29 is 22.7 Å². The number of nitrogens with zero attached hydrogens (tertiary/aromatic N) is 1. The van der Waals surface area contributed by atoms with Crippen LogP contribution >= 0.6 is 0 Å². The van der Waals surface area contributed by atoms with Gasteiger partial charge in [0.25, 0.3) is 0 Å². The number of halogens is 4. The van der Waals surface area contributed by atoms with Crippen molar-refractivity contribution in [1.29, 1.82) is 0 Å². The molecule has 0 aliphatic carbocycles. The van der Waals surface area contributed by atoms with Gasteiger partial charge in [0.15, 0.2) is 0 Å². The molecule has 0 aliphatic heterocycles. The molecule has 6 heteroatoms. The Balaban J connectivity index is 2.38. The van der Waals surface area contributed by atoms with Gasteiger partial charge in [-0.2, -0.15) is 13.2 Å². The molecule has 0 aromatic heterocycles. The van der Waals surface area contributed by atoms with Crippen molar-refractivity contribution in [1.82, 2.24) is 4.90 Å². The fraction of sp³-hybridized carbons (Fsp3) is 0.538. The number of rotatable bonds is 6. The van der Waals surface area contributed by atoms with Crippen LogP contribution in [0.25, 0.3) is 0 Å². The van der Waals surface area contributed by atoms with E-state index in [0.717, 1.165) is 0 Å². The molecule has 0 heterocycles. The minimum Gasteiger partial charge on any atom is -0.388 e. The molecule has 0 radical (unpaired) electrons. The lowest BCUT2D eigenvalue weighted by molar-refractivity contribution is -0.137. The molecule has 0 bridgehead atoms. The van der Waals surface area contributed by atoms with E-state index < -0.39 is 24.5 Å². The van der Waals surface area contributed by atoms with Crippen LogP contribution in [0, 0.1) is 5.82 Å². The summed E-state index contributed by atoms with van der Waals surface area (Å²) >= 11 is 0. The van der Waals surface area contributed by atoms with Crippen LogP contribution in [0.4, 0.5) is 17.6 Å². The third-order valence-corrected chi connectivity index (χ3v) is 2.83. The van der Waals surface area contributed by atoms with E-state index in [0.29, 0.717) is 0 Å². The first kappa shape index (κ1) is 15.9. The lowest BCUT2D eigenvalue weighted by Gasteiger charge is -2.19. The molecule has 1 N–H and O–H groups in total. The summed E-state index contributed by atoms with van der Waals surface area (Å²) in [5.41, 5.74) is 0.173. The Morgan fingerprint density at radius 3 is 2.42 bits per heavy atom. The second-order valence-electron chi connectivity index (χ2n) is 4.49. The highest BCUT2D eigenvalue weighted by atomic mass is 19.4. The Bertz CT molecular complexity index is 394. The van der Waals surface area contributed by atoms with Crippen LogP contribution in [0.1, 0.15) is 24.5 Å². The smallest absolute Gasteiger partial charge is 0.388 e. The van der Waals surface area contributed by atoms with Gasteiger partial charge < -0.3 is 10.0 Å². The van der Waals surface area contributed by atoms with Gasteiger partial charge >= 0.3 is 6.18 Å². The standard InChI is InChI=1S/C13H17F4NO/c1-18(9-7-13(15,16)17)8-6-12(19)10-4-2-3-5-11(10)14/h2-5,12,19H,6-9H2,1H3. The first-order valence-corrected chi connectivity index (χ1v) is 5.97. The summed E-state index contributed by atoms with van der Waals surface area (Å²) in [4.78, 5) is 1.47. The molecule has 1 atom stereocenters. The third kappa shape index (κ3) is 6.02. The molecule has 1 rings (SSSR count). The summed E-state index contributed by atoms with van der Waals surface area (Å²) in [6.07, 6.45) is -5.89. The van der Waals surface area contributed by atoms with Crippen LogP contribution < -0.4 is 0 Å². The Morgan fingerprint density at radius 2 is 1.84 bits per heavy atom.